The fourth-order valence-corrected chi connectivity index (χ4v) is 2.28. The van der Waals surface area contributed by atoms with Crippen LogP contribution in [-0.2, 0) is 15.5 Å². The molecular formula is C21H26F4N6O3. The van der Waals surface area contributed by atoms with Gasteiger partial charge in [-0.15, -0.1) is 20.4 Å². The number of ether oxygens (including phenoxy) is 1. The van der Waals surface area contributed by atoms with Gasteiger partial charge in [-0.1, -0.05) is 20.8 Å². The number of hydrogen-bond acceptors (Lipinski definition) is 7. The first-order valence-corrected chi connectivity index (χ1v) is 10.1. The lowest BCUT2D eigenvalue weighted by Crippen LogP contribution is -2.55. The van der Waals surface area contributed by atoms with E-state index in [1.54, 1.807) is 20.8 Å². The number of likely N-dealkylation sites (N-methyl/N-ethyl adjacent to an activating group) is 1. The predicted octanol–water partition coefficient (Wildman–Crippen LogP) is 4.47. The summed E-state index contributed by atoms with van der Waals surface area (Å²) in [7, 11) is 0.469. The number of nitrogens with zero attached hydrogens (tertiary/aromatic N) is 5. The van der Waals surface area contributed by atoms with E-state index in [1.165, 1.54) is 45.0 Å². The van der Waals surface area contributed by atoms with Crippen LogP contribution in [0.15, 0.2) is 24.3 Å². The molecule has 34 heavy (non-hydrogen) atoms. The number of benzene rings is 1. The lowest BCUT2D eigenvalue weighted by Gasteiger charge is -2.33. The third kappa shape index (κ3) is 5.94. The number of rotatable bonds is 5. The zero-order valence-corrected chi connectivity index (χ0v) is 19.8. The maximum absolute atomic E-state index is 14.5. The number of halogens is 4. The summed E-state index contributed by atoms with van der Waals surface area (Å²) in [6.45, 7) is 9.43. The summed E-state index contributed by atoms with van der Waals surface area (Å²) < 4.78 is 62.7. The molecule has 0 aliphatic carbocycles. The van der Waals surface area contributed by atoms with Gasteiger partial charge < -0.3 is 10.1 Å². The van der Waals surface area contributed by atoms with Gasteiger partial charge in [0.2, 0.25) is 11.7 Å². The highest BCUT2D eigenvalue weighted by molar-refractivity contribution is 5.94. The van der Waals surface area contributed by atoms with E-state index in [2.05, 4.69) is 25.7 Å². The molecule has 2 rings (SSSR count). The van der Waals surface area contributed by atoms with Gasteiger partial charge in [0.25, 0.3) is 5.82 Å². The molecule has 9 nitrogen and oxygen atoms in total. The minimum Gasteiger partial charge on any atom is -0.444 e. The average molecular weight is 486 g/mol. The van der Waals surface area contributed by atoms with E-state index in [4.69, 9.17) is 4.74 Å². The summed E-state index contributed by atoms with van der Waals surface area (Å²) in [4.78, 5) is 23.4. The first-order chi connectivity index (χ1) is 15.4. The largest absolute Gasteiger partial charge is 0.444 e. The van der Waals surface area contributed by atoms with Crippen LogP contribution in [0, 0.1) is 5.41 Å². The van der Waals surface area contributed by atoms with Gasteiger partial charge in [-0.05, 0) is 45.0 Å². The van der Waals surface area contributed by atoms with E-state index in [-0.39, 0.29) is 11.7 Å². The fraction of sp³-hybridized carbons (Fsp3) is 0.524. The van der Waals surface area contributed by atoms with Gasteiger partial charge in [-0.3, -0.25) is 4.79 Å². The normalized spacial score (nSPS) is 12.8. The Labute approximate surface area is 193 Å². The van der Waals surface area contributed by atoms with Gasteiger partial charge in [0.05, 0.1) is 0 Å². The van der Waals surface area contributed by atoms with Crippen molar-refractivity contribution in [2.45, 2.75) is 59.1 Å². The monoisotopic (exact) mass is 486 g/mol. The first kappa shape index (κ1) is 26.9. The standard InChI is InChI=1S/C21H26F4N6O3/c1-18(2,3)16(32)26-13-10-8-12(9-11-13)14-27-29-15(30-28-14)20(22,23)21(24,25)31(7)17(33)34-19(4,5)6/h8-11H,1-7H3,(H,26,32). The molecule has 0 bridgehead atoms. The molecule has 0 fully saturated rings. The molecule has 186 valence electrons. The van der Waals surface area contributed by atoms with Crippen LogP contribution >= 0.6 is 0 Å². The maximum atomic E-state index is 14.5. The van der Waals surface area contributed by atoms with Crippen LogP contribution in [-0.4, -0.2) is 56.0 Å². The summed E-state index contributed by atoms with van der Waals surface area (Å²) in [5.74, 6) is -7.12. The molecule has 13 heteroatoms. The lowest BCUT2D eigenvalue weighted by molar-refractivity contribution is -0.281. The molecule has 1 aromatic carbocycles. The number of carbonyl (C=O) groups excluding carboxylic acids is 2. The van der Waals surface area contributed by atoms with Crippen LogP contribution in [0.1, 0.15) is 47.4 Å². The Morgan fingerprint density at radius 2 is 1.38 bits per heavy atom. The predicted molar refractivity (Wildman–Crippen MR) is 114 cm³/mol. The zero-order chi connectivity index (χ0) is 26.1. The molecule has 0 radical (unpaired) electrons. The second-order valence-corrected chi connectivity index (χ2v) is 9.48. The Morgan fingerprint density at radius 3 is 1.82 bits per heavy atom. The Hall–Kier alpha value is -3.38. The Morgan fingerprint density at radius 1 is 0.882 bits per heavy atom. The number of amides is 2. The van der Waals surface area contributed by atoms with E-state index < -0.39 is 39.8 Å². The van der Waals surface area contributed by atoms with Gasteiger partial charge in [0.15, 0.2) is 0 Å². The van der Waals surface area contributed by atoms with Gasteiger partial charge in [0, 0.05) is 23.7 Å². The minimum atomic E-state index is -5.03. The molecule has 0 spiro atoms. The Bertz CT molecular complexity index is 1030. The minimum absolute atomic E-state index is 0.211. The second-order valence-electron chi connectivity index (χ2n) is 9.48. The third-order valence-corrected chi connectivity index (χ3v) is 4.31. The van der Waals surface area contributed by atoms with Crippen molar-refractivity contribution >= 4 is 17.7 Å². The molecule has 0 saturated heterocycles. The van der Waals surface area contributed by atoms with Crippen molar-refractivity contribution < 1.29 is 31.9 Å². The molecule has 1 N–H and O–H groups in total. The number of aromatic nitrogens is 4. The summed E-state index contributed by atoms with van der Waals surface area (Å²) in [6, 6.07) is 0.954. The number of carbonyl (C=O) groups is 2. The molecule has 2 amide bonds. The third-order valence-electron chi connectivity index (χ3n) is 4.31. The van der Waals surface area contributed by atoms with Gasteiger partial charge >= 0.3 is 18.1 Å². The van der Waals surface area contributed by atoms with E-state index in [1.807, 2.05) is 0 Å². The highest BCUT2D eigenvalue weighted by atomic mass is 19.3. The topological polar surface area (TPSA) is 110 Å². The molecule has 0 unspecified atom stereocenters. The first-order valence-electron chi connectivity index (χ1n) is 10.1. The lowest BCUT2D eigenvalue weighted by atomic mass is 9.95. The second kappa shape index (κ2) is 9.11. The summed E-state index contributed by atoms with van der Waals surface area (Å²) in [6.07, 6.45) is -1.66. The van der Waals surface area contributed by atoms with E-state index in [0.717, 1.165) is 0 Å². The number of nitrogens with one attached hydrogen (secondary N) is 1. The van der Waals surface area contributed by atoms with Crippen molar-refractivity contribution in [3.63, 3.8) is 0 Å². The van der Waals surface area contributed by atoms with E-state index in [0.29, 0.717) is 18.3 Å². The maximum Gasteiger partial charge on any atom is 0.414 e. The molecular weight excluding hydrogens is 460 g/mol. The van der Waals surface area contributed by atoms with Crippen LogP contribution in [0.5, 0.6) is 0 Å². The summed E-state index contributed by atoms with van der Waals surface area (Å²) in [5.41, 5.74) is -1.03. The molecule has 2 aromatic rings. The molecule has 0 atom stereocenters. The van der Waals surface area contributed by atoms with Crippen molar-refractivity contribution in [2.24, 2.45) is 5.41 Å². The van der Waals surface area contributed by atoms with E-state index >= 15 is 0 Å². The van der Waals surface area contributed by atoms with Crippen LogP contribution < -0.4 is 5.32 Å². The quantitative estimate of drug-likeness (QED) is 0.490. The number of anilines is 1. The molecule has 0 aliphatic heterocycles. The van der Waals surface area contributed by atoms with Crippen molar-refractivity contribution in [2.75, 3.05) is 12.4 Å². The van der Waals surface area contributed by atoms with Crippen molar-refractivity contribution in [1.29, 1.82) is 0 Å². The average Bonchev–Trinajstić information content (AvgIpc) is 2.71. The zero-order valence-electron chi connectivity index (χ0n) is 19.8. The molecule has 0 aliphatic rings. The molecule has 0 saturated carbocycles. The van der Waals surface area contributed by atoms with Gasteiger partial charge in [-0.2, -0.15) is 17.6 Å². The van der Waals surface area contributed by atoms with Crippen LogP contribution in [0.4, 0.5) is 28.0 Å². The summed E-state index contributed by atoms with van der Waals surface area (Å²) >= 11 is 0. The van der Waals surface area contributed by atoms with Crippen molar-refractivity contribution in [3.8, 4) is 11.4 Å². The fourth-order valence-electron chi connectivity index (χ4n) is 2.28. The number of alkyl halides is 4. The SMILES string of the molecule is CN(C(=O)OC(C)(C)C)C(F)(F)C(F)(F)c1nnc(-c2ccc(NC(=O)C(C)(C)C)cc2)nn1. The van der Waals surface area contributed by atoms with Gasteiger partial charge in [0.1, 0.15) is 5.60 Å². The molecule has 1 heterocycles. The number of hydrogen-bond donors (Lipinski definition) is 1. The Kier molecular flexibility index (Phi) is 7.20. The van der Waals surface area contributed by atoms with Gasteiger partial charge in [-0.25, -0.2) is 9.69 Å². The van der Waals surface area contributed by atoms with Crippen molar-refractivity contribution in [1.82, 2.24) is 25.3 Å². The highest BCUT2D eigenvalue weighted by Crippen LogP contribution is 2.43. The van der Waals surface area contributed by atoms with Crippen LogP contribution in [0.2, 0.25) is 0 Å². The Balaban J connectivity index is 2.22. The summed E-state index contributed by atoms with van der Waals surface area (Å²) in [5, 5.41) is 15.9. The highest BCUT2D eigenvalue weighted by Gasteiger charge is 2.65. The van der Waals surface area contributed by atoms with E-state index in [9.17, 15) is 27.2 Å². The van der Waals surface area contributed by atoms with Crippen LogP contribution in [0.3, 0.4) is 0 Å². The van der Waals surface area contributed by atoms with Crippen LogP contribution in [0.25, 0.3) is 11.4 Å². The smallest absolute Gasteiger partial charge is 0.414 e. The van der Waals surface area contributed by atoms with Crippen molar-refractivity contribution in [3.05, 3.63) is 30.1 Å². The molecule has 1 aromatic heterocycles.